The van der Waals surface area contributed by atoms with Gasteiger partial charge < -0.3 is 17.7 Å². The molecule has 3 aromatic rings. The molecule has 4 heteroatoms. The topological polar surface area (TPSA) is 38.5 Å². The maximum atomic E-state index is 4.70. The fourth-order valence-corrected chi connectivity index (χ4v) is 2.11. The molecule has 0 aliphatic rings. The summed E-state index contributed by atoms with van der Waals surface area (Å²) in [7, 11) is 0. The van der Waals surface area contributed by atoms with Gasteiger partial charge in [0, 0.05) is 17.3 Å². The number of nitrogens with zero attached hydrogens (tertiary/aromatic N) is 1. The van der Waals surface area contributed by atoms with Crippen LogP contribution in [0.2, 0.25) is 0 Å². The van der Waals surface area contributed by atoms with Crippen LogP contribution in [0, 0.1) is 6.92 Å². The smallest absolute Gasteiger partial charge is 0.323 e. The monoisotopic (exact) mass is 323 g/mol. The molecule has 116 valence electrons. The minimum Gasteiger partial charge on any atom is -1.00 e. The van der Waals surface area contributed by atoms with Crippen LogP contribution < -0.4 is 22.7 Å². The summed E-state index contributed by atoms with van der Waals surface area (Å²) in [5.74, 6) is 1.62. The first-order valence-corrected chi connectivity index (χ1v) is 7.26. The number of hydrogen-bond donors (Lipinski definition) is 1. The quantitative estimate of drug-likeness (QED) is 0.567. The number of amidine groups is 1. The van der Waals surface area contributed by atoms with Gasteiger partial charge in [0.05, 0.1) is 6.20 Å². The highest BCUT2D eigenvalue weighted by molar-refractivity contribution is 6.09. The van der Waals surface area contributed by atoms with Crippen molar-refractivity contribution in [2.45, 2.75) is 6.92 Å². The lowest BCUT2D eigenvalue weighted by molar-refractivity contribution is -0.362. The first kappa shape index (κ1) is 16.7. The van der Waals surface area contributed by atoms with Crippen molar-refractivity contribution in [3.8, 4) is 0 Å². The standard InChI is InChI=1S/C19H17N3.ClH/c1-15-10-12-17(13-11-15)21-19(16-7-3-2-4-8-16)22-18-9-5-6-14-20-18;/h2-14H,1H3,(H,20,21,22);1H. The van der Waals surface area contributed by atoms with E-state index in [1.54, 1.807) is 0 Å². The molecular formula is C19H18ClN3. The molecule has 1 aromatic heterocycles. The molecule has 0 atom stereocenters. The summed E-state index contributed by atoms with van der Waals surface area (Å²) in [4.78, 5) is 7.83. The predicted octanol–water partition coefficient (Wildman–Crippen LogP) is 1.00. The fourth-order valence-electron chi connectivity index (χ4n) is 2.11. The van der Waals surface area contributed by atoms with Crippen molar-refractivity contribution in [2.75, 3.05) is 5.32 Å². The number of rotatable bonds is 3. The van der Waals surface area contributed by atoms with Gasteiger partial charge >= 0.3 is 5.82 Å². The molecule has 2 N–H and O–H groups in total. The number of halogens is 1. The summed E-state index contributed by atoms with van der Waals surface area (Å²) in [6.45, 7) is 2.08. The normalized spacial score (nSPS) is 10.7. The Hall–Kier alpha value is -2.65. The molecule has 0 unspecified atom stereocenters. The Labute approximate surface area is 142 Å². The second kappa shape index (κ2) is 8.11. The lowest BCUT2D eigenvalue weighted by Crippen LogP contribution is -3.00. The number of H-pyrrole nitrogens is 1. The Balaban J connectivity index is 0.00000192. The van der Waals surface area contributed by atoms with Crippen molar-refractivity contribution < 1.29 is 17.4 Å². The maximum Gasteiger partial charge on any atom is 0.323 e. The highest BCUT2D eigenvalue weighted by Gasteiger charge is 2.11. The highest BCUT2D eigenvalue weighted by atomic mass is 35.5. The summed E-state index contributed by atoms with van der Waals surface area (Å²) in [6, 6.07) is 24.2. The van der Waals surface area contributed by atoms with E-state index in [1.165, 1.54) is 5.56 Å². The number of aliphatic imine (C=N–C) groups is 1. The molecule has 0 saturated carbocycles. The van der Waals surface area contributed by atoms with E-state index < -0.39 is 0 Å². The predicted molar refractivity (Wildman–Crippen MR) is 90.4 cm³/mol. The van der Waals surface area contributed by atoms with Gasteiger partial charge in [0.2, 0.25) is 0 Å². The van der Waals surface area contributed by atoms with Gasteiger partial charge in [-0.2, -0.15) is 0 Å². The molecule has 2 aromatic carbocycles. The first-order valence-electron chi connectivity index (χ1n) is 7.26. The van der Waals surface area contributed by atoms with Crippen LogP contribution in [0.25, 0.3) is 0 Å². The number of benzene rings is 2. The number of anilines is 1. The minimum absolute atomic E-state index is 0. The van der Waals surface area contributed by atoms with Crippen LogP contribution in [0.1, 0.15) is 11.1 Å². The van der Waals surface area contributed by atoms with Gasteiger partial charge in [0.15, 0.2) is 0 Å². The van der Waals surface area contributed by atoms with Gasteiger partial charge in [-0.05, 0) is 42.2 Å². The summed E-state index contributed by atoms with van der Waals surface area (Å²) in [5.41, 5.74) is 3.30. The molecule has 23 heavy (non-hydrogen) atoms. The van der Waals surface area contributed by atoms with E-state index in [0.717, 1.165) is 22.9 Å². The Morgan fingerprint density at radius 3 is 2.22 bits per heavy atom. The second-order valence-electron chi connectivity index (χ2n) is 5.07. The summed E-state index contributed by atoms with van der Waals surface area (Å²) in [6.07, 6.45) is 1.87. The number of aryl methyl sites for hydroxylation is 1. The Morgan fingerprint density at radius 2 is 1.57 bits per heavy atom. The molecule has 0 aliphatic heterocycles. The summed E-state index contributed by atoms with van der Waals surface area (Å²) < 4.78 is 0. The maximum absolute atomic E-state index is 4.70. The largest absolute Gasteiger partial charge is 1.00 e. The van der Waals surface area contributed by atoms with E-state index >= 15 is 0 Å². The third-order valence-corrected chi connectivity index (χ3v) is 3.29. The van der Waals surface area contributed by atoms with Crippen LogP contribution in [-0.4, -0.2) is 5.84 Å². The third kappa shape index (κ3) is 4.66. The number of aromatic amines is 1. The van der Waals surface area contributed by atoms with Crippen LogP contribution in [-0.2, 0) is 0 Å². The van der Waals surface area contributed by atoms with Gasteiger partial charge in [-0.25, -0.2) is 4.98 Å². The molecule has 1 heterocycles. The third-order valence-electron chi connectivity index (χ3n) is 3.29. The van der Waals surface area contributed by atoms with E-state index in [4.69, 9.17) is 4.99 Å². The minimum atomic E-state index is 0. The lowest BCUT2D eigenvalue weighted by Gasteiger charge is -2.06. The van der Waals surface area contributed by atoms with Crippen LogP contribution in [0.5, 0.6) is 0 Å². The Morgan fingerprint density at radius 1 is 0.870 bits per heavy atom. The van der Waals surface area contributed by atoms with Crippen LogP contribution in [0.15, 0.2) is 84.0 Å². The van der Waals surface area contributed by atoms with Crippen LogP contribution in [0.3, 0.4) is 0 Å². The molecule has 3 rings (SSSR count). The van der Waals surface area contributed by atoms with E-state index in [1.807, 2.05) is 54.7 Å². The number of nitrogens with one attached hydrogen (secondary N) is 2. The van der Waals surface area contributed by atoms with E-state index in [-0.39, 0.29) is 12.4 Å². The summed E-state index contributed by atoms with van der Waals surface area (Å²) >= 11 is 0. The molecule has 0 bridgehead atoms. The number of hydrogen-bond acceptors (Lipinski definition) is 1. The van der Waals surface area contributed by atoms with Crippen molar-refractivity contribution >= 4 is 17.3 Å². The zero-order valence-corrected chi connectivity index (χ0v) is 13.6. The van der Waals surface area contributed by atoms with Crippen LogP contribution >= 0.6 is 0 Å². The summed E-state index contributed by atoms with van der Waals surface area (Å²) in [5, 5.41) is 3.40. The SMILES string of the molecule is Cc1ccc(N/C(=N/c2cccc[nH+]2)c2ccccc2)cc1.[Cl-]. The molecule has 0 amide bonds. The van der Waals surface area contributed by atoms with Gasteiger partial charge in [-0.3, -0.25) is 0 Å². The second-order valence-corrected chi connectivity index (χ2v) is 5.07. The van der Waals surface area contributed by atoms with E-state index in [0.29, 0.717) is 0 Å². The van der Waals surface area contributed by atoms with Crippen molar-refractivity contribution in [3.63, 3.8) is 0 Å². The number of pyridine rings is 1. The molecule has 0 spiro atoms. The first-order chi connectivity index (χ1) is 10.8. The lowest BCUT2D eigenvalue weighted by atomic mass is 10.2. The van der Waals surface area contributed by atoms with E-state index in [2.05, 4.69) is 41.5 Å². The molecular weight excluding hydrogens is 306 g/mol. The molecule has 0 aliphatic carbocycles. The average Bonchev–Trinajstić information content (AvgIpc) is 2.58. The van der Waals surface area contributed by atoms with Crippen LogP contribution in [0.4, 0.5) is 11.5 Å². The van der Waals surface area contributed by atoms with Crippen molar-refractivity contribution in [1.29, 1.82) is 0 Å². The molecule has 0 radical (unpaired) electrons. The zero-order chi connectivity index (χ0) is 15.2. The van der Waals surface area contributed by atoms with Crippen molar-refractivity contribution in [2.24, 2.45) is 4.99 Å². The fraction of sp³-hybridized carbons (Fsp3) is 0.0526. The Kier molecular flexibility index (Phi) is 5.89. The average molecular weight is 324 g/mol. The molecule has 0 fully saturated rings. The zero-order valence-electron chi connectivity index (χ0n) is 12.8. The molecule has 3 nitrogen and oxygen atoms in total. The molecule has 0 saturated heterocycles. The van der Waals surface area contributed by atoms with E-state index in [9.17, 15) is 0 Å². The number of aromatic nitrogens is 1. The highest BCUT2D eigenvalue weighted by Crippen LogP contribution is 2.13. The van der Waals surface area contributed by atoms with Gasteiger partial charge in [0.1, 0.15) is 0 Å². The van der Waals surface area contributed by atoms with Gasteiger partial charge in [-0.1, -0.05) is 42.0 Å². The van der Waals surface area contributed by atoms with Crippen molar-refractivity contribution in [1.82, 2.24) is 0 Å². The Bertz CT molecular complexity index is 754. The van der Waals surface area contributed by atoms with Gasteiger partial charge in [-0.15, -0.1) is 0 Å². The van der Waals surface area contributed by atoms with Gasteiger partial charge in [0.25, 0.3) is 5.84 Å². The van der Waals surface area contributed by atoms with Crippen molar-refractivity contribution in [3.05, 3.63) is 90.1 Å².